The highest BCUT2D eigenvalue weighted by Gasteiger charge is 2.19. The van der Waals surface area contributed by atoms with E-state index in [-0.39, 0.29) is 0 Å². The zero-order chi connectivity index (χ0) is 12.4. The molecule has 1 N–H and O–H groups in total. The fourth-order valence-corrected chi connectivity index (χ4v) is 2.90. The third-order valence-electron chi connectivity index (χ3n) is 2.99. The molecule has 3 rings (SSSR count). The summed E-state index contributed by atoms with van der Waals surface area (Å²) in [4.78, 5) is 0. The predicted molar refractivity (Wildman–Crippen MR) is 73.4 cm³/mol. The van der Waals surface area contributed by atoms with Crippen LogP contribution in [0.5, 0.6) is 0 Å². The van der Waals surface area contributed by atoms with Gasteiger partial charge in [-0.1, -0.05) is 42.1 Å². The van der Waals surface area contributed by atoms with E-state index in [1.54, 1.807) is 11.8 Å². The summed E-state index contributed by atoms with van der Waals surface area (Å²) in [5.41, 5.74) is 4.75. The van der Waals surface area contributed by atoms with Crippen LogP contribution in [0.15, 0.2) is 35.5 Å². The second-order valence-corrected chi connectivity index (χ2v) is 5.55. The van der Waals surface area contributed by atoms with E-state index in [1.807, 2.05) is 10.7 Å². The van der Waals surface area contributed by atoms with Crippen molar-refractivity contribution in [1.82, 2.24) is 14.9 Å². The van der Waals surface area contributed by atoms with E-state index in [1.165, 1.54) is 5.56 Å². The molecule has 1 aromatic carbocycles. The molecule has 0 aliphatic carbocycles. The summed E-state index contributed by atoms with van der Waals surface area (Å²) in [7, 11) is 0. The average molecular weight is 260 g/mol. The van der Waals surface area contributed by atoms with Gasteiger partial charge in [0.05, 0.1) is 0 Å². The molecule has 0 fully saturated rings. The van der Waals surface area contributed by atoms with Crippen LogP contribution in [0.1, 0.15) is 18.3 Å². The van der Waals surface area contributed by atoms with Gasteiger partial charge in [0.25, 0.3) is 0 Å². The highest BCUT2D eigenvalue weighted by atomic mass is 32.2. The molecule has 0 bridgehead atoms. The van der Waals surface area contributed by atoms with Crippen molar-refractivity contribution >= 4 is 11.8 Å². The molecule has 18 heavy (non-hydrogen) atoms. The van der Waals surface area contributed by atoms with Gasteiger partial charge in [0.1, 0.15) is 0 Å². The Kier molecular flexibility index (Phi) is 3.23. The van der Waals surface area contributed by atoms with Crippen molar-refractivity contribution in [2.24, 2.45) is 0 Å². The molecule has 2 heterocycles. The van der Waals surface area contributed by atoms with E-state index in [2.05, 4.69) is 46.8 Å². The van der Waals surface area contributed by atoms with Crippen molar-refractivity contribution in [1.29, 1.82) is 0 Å². The van der Waals surface area contributed by atoms with Crippen LogP contribution in [0.3, 0.4) is 0 Å². The van der Waals surface area contributed by atoms with Gasteiger partial charge in [-0.2, -0.15) is 0 Å². The van der Waals surface area contributed by atoms with Crippen molar-refractivity contribution < 1.29 is 0 Å². The highest BCUT2D eigenvalue weighted by molar-refractivity contribution is 7.99. The first-order chi connectivity index (χ1) is 8.83. The van der Waals surface area contributed by atoms with Crippen LogP contribution in [0.2, 0.25) is 0 Å². The molecule has 1 atom stereocenters. The number of nitrogens with one attached hydrogen (secondary N) is 1. The Morgan fingerprint density at radius 2 is 2.11 bits per heavy atom. The van der Waals surface area contributed by atoms with E-state index in [0.717, 1.165) is 29.6 Å². The number of thioether (sulfide) groups is 1. The van der Waals surface area contributed by atoms with Crippen LogP contribution in [-0.4, -0.2) is 26.7 Å². The van der Waals surface area contributed by atoms with E-state index >= 15 is 0 Å². The van der Waals surface area contributed by atoms with Gasteiger partial charge in [-0.25, -0.2) is 4.68 Å². The van der Waals surface area contributed by atoms with Crippen molar-refractivity contribution in [2.75, 3.05) is 11.2 Å². The Bertz CT molecular complexity index is 523. The number of benzene rings is 1. The van der Waals surface area contributed by atoms with Gasteiger partial charge >= 0.3 is 0 Å². The van der Waals surface area contributed by atoms with E-state index < -0.39 is 0 Å². The van der Waals surface area contributed by atoms with Crippen LogP contribution in [0.25, 0.3) is 0 Å². The third kappa shape index (κ3) is 2.36. The number of fused-ring (bicyclic) bond motifs is 1. The number of rotatable bonds is 3. The fraction of sp³-hybridized carbons (Fsp3) is 0.385. The number of aromatic nitrogens is 3. The fourth-order valence-electron chi connectivity index (χ4n) is 2.04. The Morgan fingerprint density at radius 1 is 1.28 bits per heavy atom. The standard InChI is InChI=1S/C13H16N4S/c1-10-9-18-13-15-14-12(17(13)16-10)8-7-11-5-3-2-4-6-11/h2-6,10,16H,7-9H2,1H3. The van der Waals surface area contributed by atoms with Gasteiger partial charge in [-0.15, -0.1) is 10.2 Å². The van der Waals surface area contributed by atoms with Crippen molar-refractivity contribution in [2.45, 2.75) is 31.0 Å². The summed E-state index contributed by atoms with van der Waals surface area (Å²) < 4.78 is 2.04. The van der Waals surface area contributed by atoms with Gasteiger partial charge in [0.2, 0.25) is 5.16 Å². The summed E-state index contributed by atoms with van der Waals surface area (Å²) in [6.07, 6.45) is 1.91. The zero-order valence-corrected chi connectivity index (χ0v) is 11.2. The van der Waals surface area contributed by atoms with Crippen LogP contribution >= 0.6 is 11.8 Å². The topological polar surface area (TPSA) is 42.7 Å². The van der Waals surface area contributed by atoms with E-state index in [4.69, 9.17) is 0 Å². The summed E-state index contributed by atoms with van der Waals surface area (Å²) in [6.45, 7) is 2.18. The predicted octanol–water partition coefficient (Wildman–Crippen LogP) is 2.10. The Labute approximate surface area is 111 Å². The van der Waals surface area contributed by atoms with E-state index in [9.17, 15) is 0 Å². The smallest absolute Gasteiger partial charge is 0.210 e. The number of nitrogens with zero attached hydrogens (tertiary/aromatic N) is 3. The summed E-state index contributed by atoms with van der Waals surface area (Å²) in [5, 5.41) is 9.48. The maximum atomic E-state index is 4.28. The monoisotopic (exact) mass is 260 g/mol. The number of hydrogen-bond acceptors (Lipinski definition) is 4. The molecule has 2 aromatic rings. The third-order valence-corrected chi connectivity index (χ3v) is 4.18. The molecule has 0 amide bonds. The van der Waals surface area contributed by atoms with Gasteiger partial charge in [0.15, 0.2) is 5.82 Å². The second kappa shape index (κ2) is 5.02. The molecule has 0 spiro atoms. The zero-order valence-electron chi connectivity index (χ0n) is 10.3. The number of aryl methyl sites for hydroxylation is 2. The number of hydrogen-bond donors (Lipinski definition) is 1. The van der Waals surface area contributed by atoms with Crippen LogP contribution in [-0.2, 0) is 12.8 Å². The quantitative estimate of drug-likeness (QED) is 0.918. The second-order valence-electron chi connectivity index (χ2n) is 4.56. The molecular weight excluding hydrogens is 244 g/mol. The molecule has 94 valence electrons. The first kappa shape index (κ1) is 11.6. The molecule has 0 saturated heterocycles. The lowest BCUT2D eigenvalue weighted by Gasteiger charge is -2.22. The first-order valence-electron chi connectivity index (χ1n) is 6.20. The average Bonchev–Trinajstić information content (AvgIpc) is 2.80. The molecule has 1 unspecified atom stereocenters. The van der Waals surface area contributed by atoms with Gasteiger partial charge in [-0.3, -0.25) is 0 Å². The Morgan fingerprint density at radius 3 is 2.94 bits per heavy atom. The van der Waals surface area contributed by atoms with Crippen molar-refractivity contribution in [3.63, 3.8) is 0 Å². The molecule has 4 nitrogen and oxygen atoms in total. The summed E-state index contributed by atoms with van der Waals surface area (Å²) in [6, 6.07) is 11.0. The van der Waals surface area contributed by atoms with Crippen LogP contribution in [0, 0.1) is 0 Å². The van der Waals surface area contributed by atoms with Crippen molar-refractivity contribution in [3.8, 4) is 0 Å². The van der Waals surface area contributed by atoms with Gasteiger partial charge < -0.3 is 5.43 Å². The lowest BCUT2D eigenvalue weighted by atomic mass is 10.1. The Hall–Kier alpha value is -1.49. The maximum absolute atomic E-state index is 4.28. The van der Waals surface area contributed by atoms with Gasteiger partial charge in [-0.05, 0) is 18.9 Å². The molecule has 1 aliphatic rings. The van der Waals surface area contributed by atoms with Crippen LogP contribution in [0.4, 0.5) is 0 Å². The highest BCUT2D eigenvalue weighted by Crippen LogP contribution is 2.22. The van der Waals surface area contributed by atoms with E-state index in [0.29, 0.717) is 6.04 Å². The maximum Gasteiger partial charge on any atom is 0.210 e. The largest absolute Gasteiger partial charge is 0.319 e. The molecule has 1 aromatic heterocycles. The van der Waals surface area contributed by atoms with Crippen LogP contribution < -0.4 is 5.43 Å². The normalized spacial score (nSPS) is 18.2. The molecular formula is C13H16N4S. The SMILES string of the molecule is CC1CSc2nnc(CCc3ccccc3)n2N1. The molecule has 0 radical (unpaired) electrons. The summed E-state index contributed by atoms with van der Waals surface area (Å²) in [5.74, 6) is 2.07. The van der Waals surface area contributed by atoms with Crippen molar-refractivity contribution in [3.05, 3.63) is 41.7 Å². The minimum absolute atomic E-state index is 0.467. The summed E-state index contributed by atoms with van der Waals surface area (Å²) >= 11 is 1.77. The lowest BCUT2D eigenvalue weighted by molar-refractivity contribution is 0.637. The first-order valence-corrected chi connectivity index (χ1v) is 7.19. The lowest BCUT2D eigenvalue weighted by Crippen LogP contribution is -2.33. The van der Waals surface area contributed by atoms with Gasteiger partial charge in [0, 0.05) is 18.2 Å². The molecule has 1 aliphatic heterocycles. The minimum Gasteiger partial charge on any atom is -0.319 e. The minimum atomic E-state index is 0.467. The molecule has 5 heteroatoms. The molecule has 0 saturated carbocycles. The Balaban J connectivity index is 1.72.